The Morgan fingerprint density at radius 1 is 1.36 bits per heavy atom. The summed E-state index contributed by atoms with van der Waals surface area (Å²) in [4.78, 5) is 0. The molecule has 1 saturated carbocycles. The van der Waals surface area contributed by atoms with E-state index in [9.17, 15) is 5.11 Å². The molecule has 0 aromatic rings. The predicted molar refractivity (Wildman–Crippen MR) is 45.1 cm³/mol. The molecule has 1 aliphatic carbocycles. The van der Waals surface area contributed by atoms with Crippen LogP contribution in [0.1, 0.15) is 25.7 Å². The van der Waals surface area contributed by atoms with Gasteiger partial charge >= 0.3 is 0 Å². The van der Waals surface area contributed by atoms with Gasteiger partial charge in [0, 0.05) is 20.6 Å². The molecule has 66 valence electrons. The van der Waals surface area contributed by atoms with Crippen LogP contribution < -0.4 is 5.43 Å². The van der Waals surface area contributed by atoms with Crippen LogP contribution >= 0.6 is 0 Å². The number of nitrogens with zero attached hydrogens (tertiary/aromatic N) is 1. The Hall–Kier alpha value is -0.120. The lowest BCUT2D eigenvalue weighted by atomic mass is 10.0. The van der Waals surface area contributed by atoms with Gasteiger partial charge in [0.1, 0.15) is 0 Å². The van der Waals surface area contributed by atoms with Crippen molar-refractivity contribution in [2.45, 2.75) is 31.3 Å². The maximum absolute atomic E-state index is 9.85. The molecule has 0 saturated heterocycles. The topological polar surface area (TPSA) is 35.5 Å². The Kier molecular flexibility index (Phi) is 2.87. The minimum absolute atomic E-state index is 0.426. The van der Waals surface area contributed by atoms with Gasteiger partial charge in [-0.1, -0.05) is 12.8 Å². The minimum Gasteiger partial charge on any atom is -0.389 e. The van der Waals surface area contributed by atoms with E-state index >= 15 is 0 Å². The summed E-state index contributed by atoms with van der Waals surface area (Å²) in [5.41, 5.74) is 2.68. The first-order chi connectivity index (χ1) is 5.12. The summed E-state index contributed by atoms with van der Waals surface area (Å²) in [6.07, 6.45) is 4.25. The van der Waals surface area contributed by atoms with E-state index in [0.717, 1.165) is 12.8 Å². The Morgan fingerprint density at radius 2 is 1.91 bits per heavy atom. The lowest BCUT2D eigenvalue weighted by molar-refractivity contribution is 0.0309. The molecule has 1 rings (SSSR count). The molecule has 2 N–H and O–H groups in total. The summed E-state index contributed by atoms with van der Waals surface area (Å²) in [6, 6.07) is 0. The highest BCUT2D eigenvalue weighted by molar-refractivity contribution is 4.85. The first-order valence-corrected chi connectivity index (χ1v) is 4.26. The van der Waals surface area contributed by atoms with Crippen molar-refractivity contribution in [1.29, 1.82) is 0 Å². The maximum Gasteiger partial charge on any atom is 0.0785 e. The van der Waals surface area contributed by atoms with Gasteiger partial charge < -0.3 is 5.11 Å². The summed E-state index contributed by atoms with van der Waals surface area (Å²) in [6.45, 7) is 0.694. The van der Waals surface area contributed by atoms with Crippen molar-refractivity contribution in [1.82, 2.24) is 10.4 Å². The third-order valence-corrected chi connectivity index (χ3v) is 2.26. The Bertz CT molecular complexity index is 119. The molecular formula is C8H18N2O. The highest BCUT2D eigenvalue weighted by Gasteiger charge is 2.30. The van der Waals surface area contributed by atoms with Crippen molar-refractivity contribution < 1.29 is 5.11 Å². The van der Waals surface area contributed by atoms with Crippen molar-refractivity contribution in [2.24, 2.45) is 0 Å². The Labute approximate surface area is 68.4 Å². The summed E-state index contributed by atoms with van der Waals surface area (Å²) in [7, 11) is 3.89. The van der Waals surface area contributed by atoms with Crippen LogP contribution in [0.5, 0.6) is 0 Å². The lowest BCUT2D eigenvalue weighted by Gasteiger charge is -2.24. The van der Waals surface area contributed by atoms with Gasteiger partial charge in [0.15, 0.2) is 0 Å². The van der Waals surface area contributed by atoms with Crippen LogP contribution in [-0.4, -0.2) is 36.4 Å². The SMILES string of the molecule is CN(C)NCC1(O)CCCC1. The summed E-state index contributed by atoms with van der Waals surface area (Å²) >= 11 is 0. The summed E-state index contributed by atoms with van der Waals surface area (Å²) < 4.78 is 0. The third-order valence-electron chi connectivity index (χ3n) is 2.26. The zero-order valence-electron chi connectivity index (χ0n) is 7.43. The fraction of sp³-hybridized carbons (Fsp3) is 1.00. The Morgan fingerprint density at radius 3 is 2.36 bits per heavy atom. The zero-order chi connectivity index (χ0) is 8.32. The molecule has 3 heteroatoms. The van der Waals surface area contributed by atoms with Crippen LogP contribution in [0.25, 0.3) is 0 Å². The molecule has 3 nitrogen and oxygen atoms in total. The normalized spacial score (nSPS) is 22.9. The van der Waals surface area contributed by atoms with Crippen molar-refractivity contribution in [3.8, 4) is 0 Å². The van der Waals surface area contributed by atoms with Gasteiger partial charge in [0.25, 0.3) is 0 Å². The molecule has 0 aliphatic heterocycles. The molecule has 1 aliphatic rings. The lowest BCUT2D eigenvalue weighted by Crippen LogP contribution is -2.43. The molecule has 0 unspecified atom stereocenters. The monoisotopic (exact) mass is 158 g/mol. The molecule has 0 bridgehead atoms. The quantitative estimate of drug-likeness (QED) is 0.582. The highest BCUT2D eigenvalue weighted by Crippen LogP contribution is 2.28. The van der Waals surface area contributed by atoms with E-state index in [0.29, 0.717) is 6.54 Å². The fourth-order valence-corrected chi connectivity index (χ4v) is 1.52. The Balaban J connectivity index is 2.23. The van der Waals surface area contributed by atoms with Crippen molar-refractivity contribution in [3.63, 3.8) is 0 Å². The van der Waals surface area contributed by atoms with Crippen LogP contribution in [0, 0.1) is 0 Å². The average molecular weight is 158 g/mol. The predicted octanol–water partition coefficient (Wildman–Crippen LogP) is 0.358. The second-order valence-electron chi connectivity index (χ2n) is 3.66. The van der Waals surface area contributed by atoms with Gasteiger partial charge in [0.2, 0.25) is 0 Å². The van der Waals surface area contributed by atoms with E-state index in [1.807, 2.05) is 19.1 Å². The second kappa shape index (κ2) is 3.52. The molecule has 0 aromatic heterocycles. The number of hydrogen-bond donors (Lipinski definition) is 2. The number of hydrogen-bond acceptors (Lipinski definition) is 3. The fourth-order valence-electron chi connectivity index (χ4n) is 1.52. The zero-order valence-corrected chi connectivity index (χ0v) is 7.43. The molecule has 0 radical (unpaired) electrons. The van der Waals surface area contributed by atoms with Crippen LogP contribution in [0.15, 0.2) is 0 Å². The van der Waals surface area contributed by atoms with E-state index < -0.39 is 5.60 Å². The number of aliphatic hydroxyl groups is 1. The van der Waals surface area contributed by atoms with Gasteiger partial charge in [-0.15, -0.1) is 0 Å². The van der Waals surface area contributed by atoms with E-state index in [4.69, 9.17) is 0 Å². The van der Waals surface area contributed by atoms with Crippen LogP contribution in [-0.2, 0) is 0 Å². The molecule has 0 aromatic carbocycles. The molecule has 1 fully saturated rings. The molecule has 11 heavy (non-hydrogen) atoms. The minimum atomic E-state index is -0.426. The number of hydrazine groups is 1. The standard InChI is InChI=1S/C8H18N2O/c1-10(2)9-7-8(11)5-3-4-6-8/h9,11H,3-7H2,1-2H3. The number of rotatable bonds is 3. The maximum atomic E-state index is 9.85. The van der Waals surface area contributed by atoms with Crippen LogP contribution in [0.3, 0.4) is 0 Å². The smallest absolute Gasteiger partial charge is 0.0785 e. The molecular weight excluding hydrogens is 140 g/mol. The second-order valence-corrected chi connectivity index (χ2v) is 3.66. The van der Waals surface area contributed by atoms with Gasteiger partial charge in [-0.3, -0.25) is 10.4 Å². The first kappa shape index (κ1) is 8.97. The van der Waals surface area contributed by atoms with Gasteiger partial charge in [-0.2, -0.15) is 0 Å². The largest absolute Gasteiger partial charge is 0.389 e. The molecule has 0 heterocycles. The summed E-state index contributed by atoms with van der Waals surface area (Å²) in [5, 5.41) is 11.7. The van der Waals surface area contributed by atoms with E-state index in [2.05, 4.69) is 5.43 Å². The van der Waals surface area contributed by atoms with E-state index in [-0.39, 0.29) is 0 Å². The van der Waals surface area contributed by atoms with Crippen molar-refractivity contribution in [3.05, 3.63) is 0 Å². The van der Waals surface area contributed by atoms with Gasteiger partial charge in [0.05, 0.1) is 5.60 Å². The highest BCUT2D eigenvalue weighted by atomic mass is 16.3. The van der Waals surface area contributed by atoms with Gasteiger partial charge in [-0.25, -0.2) is 0 Å². The summed E-state index contributed by atoms with van der Waals surface area (Å²) in [5.74, 6) is 0. The molecule has 0 atom stereocenters. The number of nitrogens with one attached hydrogen (secondary N) is 1. The third kappa shape index (κ3) is 2.77. The first-order valence-electron chi connectivity index (χ1n) is 4.26. The van der Waals surface area contributed by atoms with Crippen LogP contribution in [0.4, 0.5) is 0 Å². The van der Waals surface area contributed by atoms with Crippen molar-refractivity contribution in [2.75, 3.05) is 20.6 Å². The molecule has 0 amide bonds. The average Bonchev–Trinajstić information content (AvgIpc) is 2.33. The van der Waals surface area contributed by atoms with Crippen LogP contribution in [0.2, 0.25) is 0 Å². The van der Waals surface area contributed by atoms with Gasteiger partial charge in [-0.05, 0) is 12.8 Å². The van der Waals surface area contributed by atoms with E-state index in [1.165, 1.54) is 12.8 Å². The van der Waals surface area contributed by atoms with Crippen molar-refractivity contribution >= 4 is 0 Å². The molecule has 0 spiro atoms. The van der Waals surface area contributed by atoms with E-state index in [1.54, 1.807) is 0 Å².